The van der Waals surface area contributed by atoms with Gasteiger partial charge in [-0.1, -0.05) is 6.07 Å². The molecule has 0 saturated carbocycles. The third-order valence-corrected chi connectivity index (χ3v) is 4.16. The summed E-state index contributed by atoms with van der Waals surface area (Å²) in [6.45, 7) is 1.89. The summed E-state index contributed by atoms with van der Waals surface area (Å²) < 4.78 is 28.3. The summed E-state index contributed by atoms with van der Waals surface area (Å²) in [6, 6.07) is 11.0. The van der Waals surface area contributed by atoms with Crippen molar-refractivity contribution in [3.05, 3.63) is 71.9 Å². The molecule has 4 aromatic rings. The number of hydrogen-bond acceptors (Lipinski definition) is 5. The molecular formula is C19H12F2N4O2. The molecule has 0 fully saturated rings. The Morgan fingerprint density at radius 3 is 2.59 bits per heavy atom. The summed E-state index contributed by atoms with van der Waals surface area (Å²) >= 11 is 0. The van der Waals surface area contributed by atoms with Crippen molar-refractivity contribution in [2.24, 2.45) is 0 Å². The number of aromatic nitrogens is 4. The summed E-state index contributed by atoms with van der Waals surface area (Å²) in [5.41, 5.74) is 3.23. The van der Waals surface area contributed by atoms with Crippen LogP contribution in [-0.2, 0) is 4.94 Å². The number of halogens is 2. The fourth-order valence-corrected chi connectivity index (χ4v) is 2.76. The number of pyridine rings is 1. The molecule has 8 heteroatoms. The predicted octanol–water partition coefficient (Wildman–Crippen LogP) is 3.95. The highest BCUT2D eigenvalue weighted by Gasteiger charge is 2.14. The van der Waals surface area contributed by atoms with Crippen LogP contribution in [0.4, 0.5) is 8.92 Å². The molecule has 134 valence electrons. The van der Waals surface area contributed by atoms with Crippen LogP contribution in [0.15, 0.2) is 54.9 Å². The normalized spacial score (nSPS) is 10.9. The highest BCUT2D eigenvalue weighted by molar-refractivity contribution is 5.88. The maximum atomic E-state index is 14.7. The van der Waals surface area contributed by atoms with Crippen LogP contribution in [0.1, 0.15) is 16.1 Å². The van der Waals surface area contributed by atoms with E-state index in [1.54, 1.807) is 28.9 Å². The lowest BCUT2D eigenvalue weighted by Gasteiger charge is -2.05. The van der Waals surface area contributed by atoms with E-state index in [-0.39, 0.29) is 5.56 Å². The van der Waals surface area contributed by atoms with Gasteiger partial charge in [0.05, 0.1) is 17.0 Å². The van der Waals surface area contributed by atoms with Crippen molar-refractivity contribution >= 4 is 11.6 Å². The topological polar surface area (TPSA) is 69.4 Å². The number of benzene rings is 1. The molecule has 0 atom stereocenters. The van der Waals surface area contributed by atoms with Crippen molar-refractivity contribution in [1.29, 1.82) is 0 Å². The van der Waals surface area contributed by atoms with Gasteiger partial charge < -0.3 is 0 Å². The molecule has 0 aliphatic rings. The lowest BCUT2D eigenvalue weighted by Crippen LogP contribution is -1.99. The Bertz CT molecular complexity index is 1160. The van der Waals surface area contributed by atoms with Gasteiger partial charge in [-0.05, 0) is 37.3 Å². The van der Waals surface area contributed by atoms with Gasteiger partial charge >= 0.3 is 5.97 Å². The molecule has 0 aliphatic carbocycles. The second kappa shape index (κ2) is 6.56. The number of aryl methyl sites for hydroxylation is 1. The van der Waals surface area contributed by atoms with E-state index in [1.807, 2.05) is 13.0 Å². The van der Waals surface area contributed by atoms with Crippen LogP contribution in [0, 0.1) is 12.7 Å². The summed E-state index contributed by atoms with van der Waals surface area (Å²) in [7, 11) is 0. The number of nitrogens with zero attached hydrogens (tertiary/aromatic N) is 4. The van der Waals surface area contributed by atoms with Crippen LogP contribution in [0.25, 0.3) is 28.2 Å². The SMILES string of the molecule is Cc1ccnc2cc(-c3ccc(-c4ccc(C(=O)OF)cn4)cc3F)nn12. The highest BCUT2D eigenvalue weighted by Crippen LogP contribution is 2.27. The van der Waals surface area contributed by atoms with Gasteiger partial charge in [0, 0.05) is 39.8 Å². The lowest BCUT2D eigenvalue weighted by atomic mass is 10.1. The number of carbonyl (C=O) groups excluding carboxylic acids is 1. The fraction of sp³-hybridized carbons (Fsp3) is 0.0526. The van der Waals surface area contributed by atoms with Crippen LogP contribution >= 0.6 is 0 Å². The first-order valence-electron chi connectivity index (χ1n) is 7.97. The zero-order valence-electron chi connectivity index (χ0n) is 14.1. The Morgan fingerprint density at radius 1 is 1.07 bits per heavy atom. The van der Waals surface area contributed by atoms with E-state index < -0.39 is 11.8 Å². The quantitative estimate of drug-likeness (QED) is 0.549. The summed E-state index contributed by atoms with van der Waals surface area (Å²) in [5, 5.41) is 4.40. The smallest absolute Gasteiger partial charge is 0.255 e. The fourth-order valence-electron chi connectivity index (χ4n) is 2.76. The van der Waals surface area contributed by atoms with E-state index in [4.69, 9.17) is 0 Å². The number of hydrogen-bond donors (Lipinski definition) is 0. The van der Waals surface area contributed by atoms with Gasteiger partial charge in [0.2, 0.25) is 0 Å². The van der Waals surface area contributed by atoms with E-state index in [0.29, 0.717) is 28.2 Å². The highest BCUT2D eigenvalue weighted by atomic mass is 19.3. The van der Waals surface area contributed by atoms with Crippen molar-refractivity contribution in [1.82, 2.24) is 19.6 Å². The van der Waals surface area contributed by atoms with E-state index in [9.17, 15) is 13.7 Å². The van der Waals surface area contributed by atoms with Crippen molar-refractivity contribution in [2.45, 2.75) is 6.92 Å². The number of carbonyl (C=O) groups is 1. The largest absolute Gasteiger partial charge is 0.381 e. The Balaban J connectivity index is 1.69. The summed E-state index contributed by atoms with van der Waals surface area (Å²) in [4.78, 5) is 22.5. The molecule has 0 unspecified atom stereocenters. The van der Waals surface area contributed by atoms with E-state index in [0.717, 1.165) is 5.69 Å². The van der Waals surface area contributed by atoms with E-state index in [1.165, 1.54) is 24.4 Å². The second-order valence-electron chi connectivity index (χ2n) is 5.88. The van der Waals surface area contributed by atoms with Gasteiger partial charge in [-0.25, -0.2) is 23.6 Å². The molecule has 0 aliphatic heterocycles. The molecule has 0 spiro atoms. The third-order valence-electron chi connectivity index (χ3n) is 4.16. The first kappa shape index (κ1) is 16.8. The molecule has 4 rings (SSSR count). The van der Waals surface area contributed by atoms with Gasteiger partial charge in [0.25, 0.3) is 0 Å². The van der Waals surface area contributed by atoms with Gasteiger partial charge in [-0.15, -0.1) is 0 Å². The van der Waals surface area contributed by atoms with Crippen LogP contribution in [-0.4, -0.2) is 25.6 Å². The predicted molar refractivity (Wildman–Crippen MR) is 92.9 cm³/mol. The molecule has 27 heavy (non-hydrogen) atoms. The van der Waals surface area contributed by atoms with Crippen LogP contribution in [0.5, 0.6) is 0 Å². The Hall–Kier alpha value is -3.68. The van der Waals surface area contributed by atoms with Crippen molar-refractivity contribution in [2.75, 3.05) is 0 Å². The number of fused-ring (bicyclic) bond motifs is 1. The summed E-state index contributed by atoms with van der Waals surface area (Å²) in [5.74, 6) is -1.60. The maximum absolute atomic E-state index is 14.7. The number of rotatable bonds is 3. The third kappa shape index (κ3) is 3.01. The average molecular weight is 366 g/mol. The van der Waals surface area contributed by atoms with Crippen molar-refractivity contribution < 1.29 is 18.7 Å². The lowest BCUT2D eigenvalue weighted by molar-refractivity contribution is -0.0788. The molecule has 0 amide bonds. The molecular weight excluding hydrogens is 354 g/mol. The minimum Gasteiger partial charge on any atom is -0.255 e. The molecule has 6 nitrogen and oxygen atoms in total. The zero-order chi connectivity index (χ0) is 19.0. The molecule has 0 bridgehead atoms. The average Bonchev–Trinajstić information content (AvgIpc) is 3.13. The van der Waals surface area contributed by atoms with Gasteiger partial charge in [-0.2, -0.15) is 5.10 Å². The zero-order valence-corrected chi connectivity index (χ0v) is 14.1. The second-order valence-corrected chi connectivity index (χ2v) is 5.88. The molecule has 1 aromatic carbocycles. The van der Waals surface area contributed by atoms with Crippen molar-refractivity contribution in [3.8, 4) is 22.5 Å². The monoisotopic (exact) mass is 366 g/mol. The van der Waals surface area contributed by atoms with Gasteiger partial charge in [-0.3, -0.25) is 4.98 Å². The van der Waals surface area contributed by atoms with Crippen LogP contribution in [0.2, 0.25) is 0 Å². The minimum absolute atomic E-state index is 0.0362. The van der Waals surface area contributed by atoms with Crippen LogP contribution in [0.3, 0.4) is 0 Å². The Kier molecular flexibility index (Phi) is 4.08. The van der Waals surface area contributed by atoms with E-state index in [2.05, 4.69) is 20.0 Å². The molecule has 3 aromatic heterocycles. The first-order valence-corrected chi connectivity index (χ1v) is 7.97. The van der Waals surface area contributed by atoms with Gasteiger partial charge in [0.15, 0.2) is 5.65 Å². The minimum atomic E-state index is -1.13. The molecule has 0 N–H and O–H groups in total. The maximum Gasteiger partial charge on any atom is 0.381 e. The molecule has 0 radical (unpaired) electrons. The standard InChI is InChI=1S/C19H12F2N4O2/c1-11-6-7-22-18-9-17(24-25(11)18)14-4-2-12(8-15(14)20)16-5-3-13(10-23-16)19(26)27-21/h2-10H,1H3. The molecule has 3 heterocycles. The van der Waals surface area contributed by atoms with E-state index >= 15 is 0 Å². The van der Waals surface area contributed by atoms with Crippen LogP contribution < -0.4 is 0 Å². The van der Waals surface area contributed by atoms with Crippen molar-refractivity contribution in [3.63, 3.8) is 0 Å². The Labute approximate surface area is 152 Å². The molecule has 0 saturated heterocycles. The first-order chi connectivity index (χ1) is 13.1. The summed E-state index contributed by atoms with van der Waals surface area (Å²) in [6.07, 6.45) is 2.84. The van der Waals surface area contributed by atoms with Gasteiger partial charge in [0.1, 0.15) is 5.82 Å². The Morgan fingerprint density at radius 2 is 1.93 bits per heavy atom.